The van der Waals surface area contributed by atoms with E-state index in [2.05, 4.69) is 20.8 Å². The van der Waals surface area contributed by atoms with Crippen LogP contribution in [0.1, 0.15) is 17.3 Å². The smallest absolute Gasteiger partial charge is 0.255 e. The molecule has 0 aliphatic carbocycles. The van der Waals surface area contributed by atoms with Crippen molar-refractivity contribution in [2.24, 2.45) is 0 Å². The molecule has 2 aromatic carbocycles. The molecule has 0 radical (unpaired) electrons. The van der Waals surface area contributed by atoms with E-state index in [4.69, 9.17) is 0 Å². The Balaban J connectivity index is 1.86. The van der Waals surface area contributed by atoms with Gasteiger partial charge in [-0.25, -0.2) is 4.68 Å². The molecule has 0 unspecified atom stereocenters. The third kappa shape index (κ3) is 2.85. The van der Waals surface area contributed by atoms with Gasteiger partial charge in [0.2, 0.25) is 0 Å². The number of carbonyl (C=O) groups excluding carboxylic acids is 1. The molecule has 1 aromatic heterocycles. The van der Waals surface area contributed by atoms with E-state index >= 15 is 0 Å². The maximum absolute atomic E-state index is 12.3. The van der Waals surface area contributed by atoms with Crippen LogP contribution in [-0.4, -0.2) is 26.1 Å². The molecule has 6 heteroatoms. The Morgan fingerprint density at radius 1 is 1.14 bits per heavy atom. The predicted octanol–water partition coefficient (Wildman–Crippen LogP) is 2.61. The van der Waals surface area contributed by atoms with Gasteiger partial charge in [0, 0.05) is 23.4 Å². The van der Waals surface area contributed by atoms with E-state index in [1.165, 1.54) is 0 Å². The third-order valence-corrected chi connectivity index (χ3v) is 3.25. The van der Waals surface area contributed by atoms with Gasteiger partial charge in [-0.1, -0.05) is 30.3 Å². The van der Waals surface area contributed by atoms with Crippen LogP contribution in [0.25, 0.3) is 11.4 Å². The largest absolute Gasteiger partial charge is 0.322 e. The Morgan fingerprint density at radius 3 is 2.73 bits per heavy atom. The lowest BCUT2D eigenvalue weighted by atomic mass is 10.1. The number of carbonyl (C=O) groups is 1. The fraction of sp³-hybridized carbons (Fsp3) is 0.125. The number of nitrogens with one attached hydrogen (secondary N) is 1. The molecule has 22 heavy (non-hydrogen) atoms. The zero-order chi connectivity index (χ0) is 15.4. The molecule has 6 nitrogen and oxygen atoms in total. The summed E-state index contributed by atoms with van der Waals surface area (Å²) in [6.07, 6.45) is 0. The molecule has 1 N–H and O–H groups in total. The van der Waals surface area contributed by atoms with Gasteiger partial charge in [0.25, 0.3) is 5.91 Å². The molecule has 0 bridgehead atoms. The quantitative estimate of drug-likeness (QED) is 0.802. The van der Waals surface area contributed by atoms with E-state index < -0.39 is 0 Å². The maximum Gasteiger partial charge on any atom is 0.255 e. The second kappa shape index (κ2) is 6.17. The van der Waals surface area contributed by atoms with Crippen molar-refractivity contribution in [1.82, 2.24) is 20.2 Å². The maximum atomic E-state index is 12.3. The average Bonchev–Trinajstić information content (AvgIpc) is 3.04. The highest BCUT2D eigenvalue weighted by molar-refractivity contribution is 6.04. The minimum absolute atomic E-state index is 0.163. The number of nitrogens with zero attached hydrogens (tertiary/aromatic N) is 4. The van der Waals surface area contributed by atoms with Gasteiger partial charge < -0.3 is 5.32 Å². The zero-order valence-corrected chi connectivity index (χ0v) is 12.1. The lowest BCUT2D eigenvalue weighted by molar-refractivity contribution is 0.102. The molecule has 0 aliphatic heterocycles. The monoisotopic (exact) mass is 293 g/mol. The van der Waals surface area contributed by atoms with E-state index in [1.807, 2.05) is 49.4 Å². The summed E-state index contributed by atoms with van der Waals surface area (Å²) in [4.78, 5) is 12.3. The van der Waals surface area contributed by atoms with E-state index in [9.17, 15) is 4.79 Å². The summed E-state index contributed by atoms with van der Waals surface area (Å²) in [5.41, 5.74) is 2.14. The Labute approximate surface area is 127 Å². The summed E-state index contributed by atoms with van der Waals surface area (Å²) in [6, 6.07) is 16.6. The summed E-state index contributed by atoms with van der Waals surface area (Å²) < 4.78 is 1.69. The van der Waals surface area contributed by atoms with Gasteiger partial charge in [-0.05, 0) is 41.6 Å². The number of benzene rings is 2. The molecule has 1 amide bonds. The number of anilines is 1. The molecule has 1 heterocycles. The molecule has 0 spiro atoms. The van der Waals surface area contributed by atoms with Crippen LogP contribution < -0.4 is 5.32 Å². The fourth-order valence-electron chi connectivity index (χ4n) is 2.15. The normalized spacial score (nSPS) is 10.4. The Bertz CT molecular complexity index is 782. The van der Waals surface area contributed by atoms with Crippen molar-refractivity contribution in [2.45, 2.75) is 13.5 Å². The molecule has 0 atom stereocenters. The van der Waals surface area contributed by atoms with E-state index in [0.29, 0.717) is 17.9 Å². The van der Waals surface area contributed by atoms with E-state index in [1.54, 1.807) is 16.8 Å². The average molecular weight is 293 g/mol. The second-order valence-electron chi connectivity index (χ2n) is 4.72. The summed E-state index contributed by atoms with van der Waals surface area (Å²) in [6.45, 7) is 2.63. The molecule has 3 rings (SSSR count). The van der Waals surface area contributed by atoms with Crippen molar-refractivity contribution >= 4 is 11.6 Å². The first-order valence-electron chi connectivity index (χ1n) is 7.01. The van der Waals surface area contributed by atoms with Crippen LogP contribution in [0.3, 0.4) is 0 Å². The molecule has 0 saturated heterocycles. The Hall–Kier alpha value is -3.02. The molecule has 3 aromatic rings. The van der Waals surface area contributed by atoms with Crippen molar-refractivity contribution in [3.63, 3.8) is 0 Å². The SMILES string of the molecule is CCn1nnnc1-c1cccc(C(=O)Nc2ccccc2)c1. The molecular formula is C16H15N5O. The van der Waals surface area contributed by atoms with Crippen molar-refractivity contribution in [3.05, 3.63) is 60.2 Å². The Kier molecular flexibility index (Phi) is 3.91. The van der Waals surface area contributed by atoms with Crippen LogP contribution >= 0.6 is 0 Å². The van der Waals surface area contributed by atoms with Crippen molar-refractivity contribution < 1.29 is 4.79 Å². The first kappa shape index (κ1) is 13.9. The van der Waals surface area contributed by atoms with Crippen LogP contribution in [0.2, 0.25) is 0 Å². The van der Waals surface area contributed by atoms with Crippen LogP contribution in [0, 0.1) is 0 Å². The minimum Gasteiger partial charge on any atom is -0.322 e. The van der Waals surface area contributed by atoms with Gasteiger partial charge in [-0.2, -0.15) is 0 Å². The van der Waals surface area contributed by atoms with Gasteiger partial charge >= 0.3 is 0 Å². The first-order chi connectivity index (χ1) is 10.8. The highest BCUT2D eigenvalue weighted by atomic mass is 16.1. The third-order valence-electron chi connectivity index (χ3n) is 3.25. The lowest BCUT2D eigenvalue weighted by Crippen LogP contribution is -2.12. The number of para-hydroxylation sites is 1. The topological polar surface area (TPSA) is 72.7 Å². The second-order valence-corrected chi connectivity index (χ2v) is 4.72. The molecule has 0 aliphatic rings. The number of rotatable bonds is 4. The number of aromatic nitrogens is 4. The first-order valence-corrected chi connectivity index (χ1v) is 7.01. The lowest BCUT2D eigenvalue weighted by Gasteiger charge is -2.07. The molecule has 0 saturated carbocycles. The minimum atomic E-state index is -0.163. The summed E-state index contributed by atoms with van der Waals surface area (Å²) >= 11 is 0. The molecular weight excluding hydrogens is 278 g/mol. The van der Waals surface area contributed by atoms with Gasteiger partial charge in [-0.15, -0.1) is 5.10 Å². The fourth-order valence-corrected chi connectivity index (χ4v) is 2.15. The summed E-state index contributed by atoms with van der Waals surface area (Å²) in [5.74, 6) is 0.487. The van der Waals surface area contributed by atoms with Crippen LogP contribution in [-0.2, 0) is 6.54 Å². The van der Waals surface area contributed by atoms with E-state index in [-0.39, 0.29) is 5.91 Å². The number of aryl methyl sites for hydroxylation is 1. The molecule has 110 valence electrons. The number of amides is 1. The highest BCUT2D eigenvalue weighted by Crippen LogP contribution is 2.18. The van der Waals surface area contributed by atoms with Gasteiger partial charge in [0.15, 0.2) is 5.82 Å². The van der Waals surface area contributed by atoms with Gasteiger partial charge in [0.05, 0.1) is 0 Å². The van der Waals surface area contributed by atoms with Gasteiger partial charge in [0.1, 0.15) is 0 Å². The predicted molar refractivity (Wildman–Crippen MR) is 83.3 cm³/mol. The van der Waals surface area contributed by atoms with Crippen LogP contribution in [0.4, 0.5) is 5.69 Å². The Morgan fingerprint density at radius 2 is 1.95 bits per heavy atom. The number of hydrogen-bond donors (Lipinski definition) is 1. The zero-order valence-electron chi connectivity index (χ0n) is 12.1. The number of hydrogen-bond acceptors (Lipinski definition) is 4. The van der Waals surface area contributed by atoms with Crippen molar-refractivity contribution in [3.8, 4) is 11.4 Å². The molecule has 0 fully saturated rings. The highest BCUT2D eigenvalue weighted by Gasteiger charge is 2.11. The summed E-state index contributed by atoms with van der Waals surface area (Å²) in [7, 11) is 0. The summed E-state index contributed by atoms with van der Waals surface area (Å²) in [5, 5.41) is 14.5. The van der Waals surface area contributed by atoms with Crippen LogP contribution in [0.5, 0.6) is 0 Å². The van der Waals surface area contributed by atoms with Gasteiger partial charge in [-0.3, -0.25) is 4.79 Å². The van der Waals surface area contributed by atoms with E-state index in [0.717, 1.165) is 11.3 Å². The standard InChI is InChI=1S/C16H15N5O/c1-2-21-15(18-19-20-21)12-7-6-8-13(11-12)16(22)17-14-9-4-3-5-10-14/h3-11H,2H2,1H3,(H,17,22). The number of tetrazole rings is 1. The van der Waals surface area contributed by atoms with Crippen molar-refractivity contribution in [1.29, 1.82) is 0 Å². The van der Waals surface area contributed by atoms with Crippen molar-refractivity contribution in [2.75, 3.05) is 5.32 Å². The van der Waals surface area contributed by atoms with Crippen LogP contribution in [0.15, 0.2) is 54.6 Å².